The van der Waals surface area contributed by atoms with Crippen LogP contribution < -0.4 is 4.74 Å². The maximum Gasteiger partial charge on any atom is 0.345 e. The summed E-state index contributed by atoms with van der Waals surface area (Å²) in [5.41, 5.74) is 0.743. The zero-order chi connectivity index (χ0) is 13.7. The monoisotopic (exact) mass is 260 g/mol. The number of carbonyl (C=O) groups excluding carboxylic acids is 1. The number of methoxy groups -OCH3 is 2. The Morgan fingerprint density at radius 2 is 2.16 bits per heavy atom. The van der Waals surface area contributed by atoms with Crippen LogP contribution in [0.15, 0.2) is 24.3 Å². The average molecular weight is 260 g/mol. The van der Waals surface area contributed by atoms with E-state index in [4.69, 9.17) is 14.2 Å². The van der Waals surface area contributed by atoms with Crippen molar-refractivity contribution in [2.75, 3.05) is 14.2 Å². The lowest BCUT2D eigenvalue weighted by atomic mass is 9.90. The van der Waals surface area contributed by atoms with Gasteiger partial charge in [0.05, 0.1) is 14.2 Å². The van der Waals surface area contributed by atoms with Crippen molar-refractivity contribution < 1.29 is 19.0 Å². The maximum absolute atomic E-state index is 11.9. The van der Waals surface area contributed by atoms with Gasteiger partial charge in [-0.3, -0.25) is 0 Å². The number of esters is 1. The van der Waals surface area contributed by atoms with E-state index in [2.05, 4.69) is 0 Å². The molecule has 2 aliphatic rings. The standard InChI is InChI=1S/C15H16O4/c1-14-9-11-4-5-12(17-2)8-10(11)6-7-15(14,19-14)13(16)18-3/h4-8H,9H2,1-3H3. The lowest BCUT2D eigenvalue weighted by molar-refractivity contribution is -0.145. The second-order valence-corrected chi connectivity index (χ2v) is 5.14. The van der Waals surface area contributed by atoms with Gasteiger partial charge in [0.25, 0.3) is 0 Å². The van der Waals surface area contributed by atoms with E-state index in [0.29, 0.717) is 6.42 Å². The summed E-state index contributed by atoms with van der Waals surface area (Å²) in [6.07, 6.45) is 4.38. The zero-order valence-corrected chi connectivity index (χ0v) is 11.2. The van der Waals surface area contributed by atoms with Crippen LogP contribution in [-0.4, -0.2) is 31.4 Å². The maximum atomic E-state index is 11.9. The van der Waals surface area contributed by atoms with Gasteiger partial charge in [-0.15, -0.1) is 0 Å². The molecule has 0 aromatic heterocycles. The topological polar surface area (TPSA) is 48.1 Å². The van der Waals surface area contributed by atoms with Gasteiger partial charge in [-0.1, -0.05) is 12.1 Å². The molecule has 1 aliphatic carbocycles. The molecular formula is C15H16O4. The Balaban J connectivity index is 2.03. The normalized spacial score (nSPS) is 30.9. The van der Waals surface area contributed by atoms with Gasteiger partial charge in [-0.05, 0) is 36.3 Å². The molecule has 1 aromatic rings. The van der Waals surface area contributed by atoms with Gasteiger partial charge in [0, 0.05) is 6.42 Å². The predicted octanol–water partition coefficient (Wildman–Crippen LogP) is 1.97. The third-order valence-electron chi connectivity index (χ3n) is 4.00. The molecule has 0 bridgehead atoms. The van der Waals surface area contributed by atoms with Gasteiger partial charge in [0.1, 0.15) is 11.4 Å². The fourth-order valence-electron chi connectivity index (χ4n) is 2.77. The highest BCUT2D eigenvalue weighted by Crippen LogP contribution is 2.54. The van der Waals surface area contributed by atoms with Crippen LogP contribution in [-0.2, 0) is 20.7 Å². The fraction of sp³-hybridized carbons (Fsp3) is 0.400. The van der Waals surface area contributed by atoms with E-state index in [1.165, 1.54) is 7.11 Å². The molecule has 4 heteroatoms. The molecule has 2 unspecified atom stereocenters. The molecule has 0 spiro atoms. The van der Waals surface area contributed by atoms with Crippen LogP contribution in [0, 0.1) is 0 Å². The Bertz CT molecular complexity index is 578. The quantitative estimate of drug-likeness (QED) is 0.602. The largest absolute Gasteiger partial charge is 0.497 e. The first-order valence-corrected chi connectivity index (χ1v) is 6.19. The Morgan fingerprint density at radius 3 is 2.84 bits per heavy atom. The Kier molecular flexibility index (Phi) is 2.47. The van der Waals surface area contributed by atoms with Crippen LogP contribution in [0.3, 0.4) is 0 Å². The molecule has 1 aliphatic heterocycles. The van der Waals surface area contributed by atoms with Crippen molar-refractivity contribution in [1.29, 1.82) is 0 Å². The van der Waals surface area contributed by atoms with Gasteiger partial charge >= 0.3 is 5.97 Å². The van der Waals surface area contributed by atoms with Crippen molar-refractivity contribution in [3.63, 3.8) is 0 Å². The lowest BCUT2D eigenvalue weighted by Gasteiger charge is -2.11. The van der Waals surface area contributed by atoms with E-state index < -0.39 is 11.2 Å². The van der Waals surface area contributed by atoms with E-state index in [1.54, 1.807) is 13.2 Å². The smallest absolute Gasteiger partial charge is 0.345 e. The molecule has 3 rings (SSSR count). The first kappa shape index (κ1) is 12.2. The first-order chi connectivity index (χ1) is 9.04. The van der Waals surface area contributed by atoms with Crippen molar-refractivity contribution in [2.45, 2.75) is 24.5 Å². The third-order valence-corrected chi connectivity index (χ3v) is 4.00. The Hall–Kier alpha value is -1.81. The highest BCUT2D eigenvalue weighted by molar-refractivity contribution is 5.89. The van der Waals surface area contributed by atoms with E-state index in [-0.39, 0.29) is 5.97 Å². The molecule has 1 aromatic carbocycles. The molecule has 0 N–H and O–H groups in total. The van der Waals surface area contributed by atoms with E-state index in [0.717, 1.165) is 16.9 Å². The molecule has 1 heterocycles. The summed E-state index contributed by atoms with van der Waals surface area (Å²) in [4.78, 5) is 11.9. The van der Waals surface area contributed by atoms with Crippen LogP contribution in [0.1, 0.15) is 18.1 Å². The summed E-state index contributed by atoms with van der Waals surface area (Å²) in [7, 11) is 3.02. The highest BCUT2D eigenvalue weighted by Gasteiger charge is 2.71. The van der Waals surface area contributed by atoms with Crippen LogP contribution in [0.4, 0.5) is 0 Å². The number of epoxide rings is 1. The summed E-state index contributed by atoms with van der Waals surface area (Å²) in [5, 5.41) is 0. The van der Waals surface area contributed by atoms with Crippen LogP contribution in [0.5, 0.6) is 5.75 Å². The van der Waals surface area contributed by atoms with Crippen molar-refractivity contribution in [3.8, 4) is 5.75 Å². The molecular weight excluding hydrogens is 244 g/mol. The van der Waals surface area contributed by atoms with Gasteiger partial charge in [-0.2, -0.15) is 0 Å². The van der Waals surface area contributed by atoms with Crippen LogP contribution in [0.2, 0.25) is 0 Å². The first-order valence-electron chi connectivity index (χ1n) is 6.19. The van der Waals surface area contributed by atoms with Gasteiger partial charge in [-0.25, -0.2) is 4.79 Å². The van der Waals surface area contributed by atoms with Crippen molar-refractivity contribution >= 4 is 12.0 Å². The number of fused-ring (bicyclic) bond motifs is 2. The minimum Gasteiger partial charge on any atom is -0.497 e. The van der Waals surface area contributed by atoms with E-state index >= 15 is 0 Å². The number of rotatable bonds is 2. The predicted molar refractivity (Wildman–Crippen MR) is 70.0 cm³/mol. The molecule has 0 radical (unpaired) electrons. The number of hydrogen-bond acceptors (Lipinski definition) is 4. The molecule has 1 fully saturated rings. The summed E-state index contributed by atoms with van der Waals surface area (Å²) in [6, 6.07) is 5.90. The molecule has 100 valence electrons. The summed E-state index contributed by atoms with van der Waals surface area (Å²) >= 11 is 0. The molecule has 0 amide bonds. The van der Waals surface area contributed by atoms with E-state index in [9.17, 15) is 4.79 Å². The van der Waals surface area contributed by atoms with Crippen molar-refractivity contribution in [1.82, 2.24) is 0 Å². The number of benzene rings is 1. The second-order valence-electron chi connectivity index (χ2n) is 5.14. The van der Waals surface area contributed by atoms with Crippen molar-refractivity contribution in [2.24, 2.45) is 0 Å². The fourth-order valence-corrected chi connectivity index (χ4v) is 2.77. The number of hydrogen-bond donors (Lipinski definition) is 0. The summed E-state index contributed by atoms with van der Waals surface area (Å²) < 4.78 is 15.8. The second kappa shape index (κ2) is 3.84. The van der Waals surface area contributed by atoms with Crippen molar-refractivity contribution in [3.05, 3.63) is 35.4 Å². The van der Waals surface area contributed by atoms with Gasteiger partial charge in [0.2, 0.25) is 5.60 Å². The minimum absolute atomic E-state index is 0.342. The highest BCUT2D eigenvalue weighted by atomic mass is 16.7. The third kappa shape index (κ3) is 1.60. The molecule has 1 saturated heterocycles. The average Bonchev–Trinajstić information content (AvgIpc) is 3.03. The Morgan fingerprint density at radius 1 is 1.37 bits per heavy atom. The SMILES string of the molecule is COC(=O)C12C=Cc3cc(OC)ccc3CC1(C)O2. The molecule has 19 heavy (non-hydrogen) atoms. The van der Waals surface area contributed by atoms with Crippen LogP contribution >= 0.6 is 0 Å². The van der Waals surface area contributed by atoms with Gasteiger partial charge < -0.3 is 14.2 Å². The minimum atomic E-state index is -0.937. The molecule has 4 nitrogen and oxygen atoms in total. The Labute approximate surface area is 112 Å². The van der Waals surface area contributed by atoms with Crippen LogP contribution in [0.25, 0.3) is 6.08 Å². The number of ether oxygens (including phenoxy) is 3. The summed E-state index contributed by atoms with van der Waals surface area (Å²) in [6.45, 7) is 1.94. The van der Waals surface area contributed by atoms with Gasteiger partial charge in [0.15, 0.2) is 0 Å². The lowest BCUT2D eigenvalue weighted by Crippen LogP contribution is -2.32. The number of carbonyl (C=O) groups is 1. The molecule has 2 atom stereocenters. The summed E-state index contributed by atoms with van der Waals surface area (Å²) in [5.74, 6) is 0.461. The zero-order valence-electron chi connectivity index (χ0n) is 11.2. The molecule has 0 saturated carbocycles. The van der Waals surface area contributed by atoms with E-state index in [1.807, 2.05) is 31.2 Å².